The minimum atomic E-state index is -0.903. The Hall–Kier alpha value is -1.85. The van der Waals surface area contributed by atoms with Gasteiger partial charge < -0.3 is 0 Å². The van der Waals surface area contributed by atoms with Crippen molar-refractivity contribution in [3.05, 3.63) is 59.2 Å². The number of fused-ring (bicyclic) bond motifs is 1. The molecule has 3 nitrogen and oxygen atoms in total. The maximum atomic E-state index is 14.1. The van der Waals surface area contributed by atoms with E-state index in [-0.39, 0.29) is 20.7 Å². The van der Waals surface area contributed by atoms with Crippen LogP contribution in [0.3, 0.4) is 0 Å². The van der Waals surface area contributed by atoms with Gasteiger partial charge in [-0.25, -0.2) is 0 Å². The van der Waals surface area contributed by atoms with Gasteiger partial charge in [-0.05, 0) is 0 Å². The number of hydrogen-bond donors (Lipinski definition) is 0. The fraction of sp³-hybridized carbons (Fsp3) is 0. The number of hydrogen-bond acceptors (Lipinski definition) is 2. The summed E-state index contributed by atoms with van der Waals surface area (Å²) in [4.78, 5) is 25.1. The molecule has 0 N–H and O–H groups in total. The molecule has 1 aliphatic heterocycles. The number of rotatable bonds is 1. The van der Waals surface area contributed by atoms with Crippen LogP contribution in [-0.2, 0) is 20.4 Å². The van der Waals surface area contributed by atoms with Gasteiger partial charge in [0, 0.05) is 0 Å². The van der Waals surface area contributed by atoms with Gasteiger partial charge in [0.2, 0.25) is 0 Å². The topological polar surface area (TPSA) is 37.4 Å². The van der Waals surface area contributed by atoms with Crippen LogP contribution >= 0.6 is 0 Å². The predicted octanol–water partition coefficient (Wildman–Crippen LogP) is 1.94. The Bertz CT molecular complexity index is 726. The van der Waals surface area contributed by atoms with Crippen molar-refractivity contribution in [1.82, 2.24) is 0 Å². The summed E-state index contributed by atoms with van der Waals surface area (Å²) in [6.07, 6.45) is 0. The Kier molecular flexibility index (Phi) is 3.03. The van der Waals surface area contributed by atoms with Crippen molar-refractivity contribution in [3.63, 3.8) is 0 Å². The van der Waals surface area contributed by atoms with E-state index in [0.29, 0.717) is 0 Å². The first kappa shape index (κ1) is 13.2. The summed E-state index contributed by atoms with van der Waals surface area (Å²) in [5.74, 6) is -2.83. The Labute approximate surface area is 124 Å². The third-order valence-corrected chi connectivity index (χ3v) is 3.82. The fourth-order valence-corrected chi connectivity index (χ4v) is 2.45. The summed E-state index contributed by atoms with van der Waals surface area (Å²) < 4.78 is 27.2. The molecule has 97 valence electrons. The molecule has 6 heteroatoms. The van der Waals surface area contributed by atoms with Gasteiger partial charge in [0.25, 0.3) is 0 Å². The molecule has 2 amide bonds. The van der Waals surface area contributed by atoms with Crippen molar-refractivity contribution in [2.45, 2.75) is 0 Å². The molecule has 3 rings (SSSR count). The molecule has 1 heterocycles. The molecule has 0 aliphatic carbocycles. The van der Waals surface area contributed by atoms with Crippen molar-refractivity contribution >= 4 is 21.4 Å². The van der Waals surface area contributed by atoms with E-state index < -0.39 is 23.4 Å². The van der Waals surface area contributed by atoms with E-state index in [2.05, 4.69) is 0 Å². The van der Waals surface area contributed by atoms with Crippen molar-refractivity contribution in [1.29, 1.82) is 0 Å². The molecule has 0 atom stereocenters. The first-order chi connectivity index (χ1) is 9.52. The van der Waals surface area contributed by atoms with Crippen molar-refractivity contribution < 1.29 is 38.8 Å². The van der Waals surface area contributed by atoms with Gasteiger partial charge in [-0.1, -0.05) is 0 Å². The molecule has 0 saturated heterocycles. The van der Waals surface area contributed by atoms with E-state index in [1.807, 2.05) is 0 Å². The quantitative estimate of drug-likeness (QED) is 0.596. The average molecular weight is 306 g/mol. The van der Waals surface area contributed by atoms with E-state index >= 15 is 0 Å². The molecule has 0 fully saturated rings. The number of imide groups is 1. The summed E-state index contributed by atoms with van der Waals surface area (Å²) in [6.45, 7) is 0. The van der Waals surface area contributed by atoms with Gasteiger partial charge in [0.15, 0.2) is 0 Å². The normalized spacial score (nSPS) is 13.8. The molecule has 2 aromatic rings. The zero-order chi connectivity index (χ0) is 14.4. The summed E-state index contributed by atoms with van der Waals surface area (Å²) in [5.41, 5.74) is 0.216. The van der Waals surface area contributed by atoms with E-state index in [9.17, 15) is 18.4 Å². The Morgan fingerprint density at radius 3 is 2.00 bits per heavy atom. The van der Waals surface area contributed by atoms with Crippen LogP contribution in [0.5, 0.6) is 0 Å². The molecule has 2 aromatic carbocycles. The average Bonchev–Trinajstić information content (AvgIpc) is 2.70. The molecule has 0 unspecified atom stereocenters. The van der Waals surface area contributed by atoms with Crippen LogP contribution in [-0.4, -0.2) is 11.8 Å². The number of amides is 2. The first-order valence-electron chi connectivity index (χ1n) is 5.70. The van der Waals surface area contributed by atoms with Crippen LogP contribution in [0, 0.1) is 11.6 Å². The summed E-state index contributed by atoms with van der Waals surface area (Å²) >= 11 is 1.26. The van der Waals surface area contributed by atoms with Gasteiger partial charge in [-0.15, -0.1) is 0 Å². The molecule has 20 heavy (non-hydrogen) atoms. The van der Waals surface area contributed by atoms with E-state index in [4.69, 9.17) is 0 Å². The Morgan fingerprint density at radius 2 is 1.45 bits per heavy atom. The Balaban J connectivity index is 2.17. The molecule has 0 aromatic heterocycles. The first-order valence-corrected chi connectivity index (χ1v) is 6.48. The van der Waals surface area contributed by atoms with E-state index in [1.165, 1.54) is 32.6 Å². The Morgan fingerprint density at radius 1 is 0.900 bits per heavy atom. The standard InChI is InChI=1S/C14H6F2NO2.Ti/c15-8-5-6-12(11(16)7-8)17-13(18)9-3-1-2-4-10(9)14(17)19;/h1-6H;. The van der Waals surface area contributed by atoms with Crippen molar-refractivity contribution in [2.24, 2.45) is 0 Å². The van der Waals surface area contributed by atoms with Crippen LogP contribution in [0.15, 0.2) is 36.4 Å². The van der Waals surface area contributed by atoms with E-state index in [0.717, 1.165) is 17.0 Å². The minimum absolute atomic E-state index is 0.221. The number of benzene rings is 2. The van der Waals surface area contributed by atoms with Crippen LogP contribution < -0.4 is 8.77 Å². The van der Waals surface area contributed by atoms with Crippen LogP contribution in [0.2, 0.25) is 0 Å². The number of carbonyl (C=O) groups excluding carboxylic acids is 2. The fourth-order valence-electron chi connectivity index (χ4n) is 2.12. The van der Waals surface area contributed by atoms with Gasteiger partial charge >= 0.3 is 124 Å². The number of nitrogens with zero attached hydrogens (tertiary/aromatic N) is 1. The molecular formula is C14H6F2NO2Ti. The SMILES string of the molecule is O=C1c2ccccc2C(=O)N1c1ccc(F)[c]([Ti])c1F. The molecular weight excluding hydrogens is 300 g/mol. The molecule has 0 radical (unpaired) electrons. The number of carbonyl (C=O) groups is 2. The van der Waals surface area contributed by atoms with Gasteiger partial charge in [-0.2, -0.15) is 0 Å². The summed E-state index contributed by atoms with van der Waals surface area (Å²) in [7, 11) is 0. The van der Waals surface area contributed by atoms with Crippen LogP contribution in [0.25, 0.3) is 0 Å². The summed E-state index contributed by atoms with van der Waals surface area (Å²) in [5, 5.41) is 0. The number of anilines is 1. The summed E-state index contributed by atoms with van der Waals surface area (Å²) in [6, 6.07) is 8.39. The van der Waals surface area contributed by atoms with Crippen LogP contribution in [0.4, 0.5) is 14.5 Å². The zero-order valence-corrected chi connectivity index (χ0v) is 11.5. The van der Waals surface area contributed by atoms with E-state index in [1.54, 1.807) is 12.1 Å². The molecule has 0 bridgehead atoms. The molecule has 0 saturated carbocycles. The zero-order valence-electron chi connectivity index (χ0n) is 9.98. The predicted molar refractivity (Wildman–Crippen MR) is 63.6 cm³/mol. The van der Waals surface area contributed by atoms with Gasteiger partial charge in [-0.3, -0.25) is 0 Å². The third-order valence-electron chi connectivity index (χ3n) is 3.11. The second kappa shape index (κ2) is 4.61. The van der Waals surface area contributed by atoms with Gasteiger partial charge in [0.1, 0.15) is 0 Å². The van der Waals surface area contributed by atoms with Gasteiger partial charge in [0.05, 0.1) is 0 Å². The molecule has 0 spiro atoms. The van der Waals surface area contributed by atoms with Crippen molar-refractivity contribution in [3.8, 4) is 0 Å². The number of halogens is 2. The maximum absolute atomic E-state index is 14.1. The molecule has 1 aliphatic rings. The second-order valence-corrected chi connectivity index (χ2v) is 5.03. The third kappa shape index (κ3) is 1.74. The van der Waals surface area contributed by atoms with Crippen LogP contribution in [0.1, 0.15) is 20.7 Å². The van der Waals surface area contributed by atoms with Crippen molar-refractivity contribution in [2.75, 3.05) is 4.90 Å². The second-order valence-electron chi connectivity index (χ2n) is 4.25. The monoisotopic (exact) mass is 306 g/mol.